The zero-order valence-corrected chi connectivity index (χ0v) is 11.0. The molecule has 1 fully saturated rings. The van der Waals surface area contributed by atoms with Crippen molar-refractivity contribution in [1.29, 1.82) is 0 Å². The lowest BCUT2D eigenvalue weighted by molar-refractivity contribution is 0.101. The van der Waals surface area contributed by atoms with E-state index in [-0.39, 0.29) is 11.7 Å². The van der Waals surface area contributed by atoms with Crippen LogP contribution in [-0.2, 0) is 0 Å². The Balaban J connectivity index is 1.80. The second-order valence-electron chi connectivity index (χ2n) is 5.04. The molecular weight excluding hydrogens is 240 g/mol. The van der Waals surface area contributed by atoms with Crippen LogP contribution in [0.15, 0.2) is 18.2 Å². The molecule has 0 unspecified atom stereocenters. The number of benzene rings is 1. The predicted molar refractivity (Wildman–Crippen MR) is 72.2 cm³/mol. The molecule has 1 aromatic heterocycles. The van der Waals surface area contributed by atoms with Crippen molar-refractivity contribution in [3.05, 3.63) is 41.0 Å². The Morgan fingerprint density at radius 3 is 2.63 bits per heavy atom. The van der Waals surface area contributed by atoms with E-state index in [0.717, 1.165) is 35.5 Å². The summed E-state index contributed by atoms with van der Waals surface area (Å²) in [6.45, 7) is 3.94. The van der Waals surface area contributed by atoms with Crippen LogP contribution in [0, 0.1) is 13.8 Å². The van der Waals surface area contributed by atoms with E-state index in [2.05, 4.69) is 20.5 Å². The van der Waals surface area contributed by atoms with Gasteiger partial charge in [0.2, 0.25) is 5.82 Å². The monoisotopic (exact) mass is 256 g/mol. The highest BCUT2D eigenvalue weighted by Crippen LogP contribution is 2.37. The smallest absolute Gasteiger partial charge is 0.295 e. The van der Waals surface area contributed by atoms with Gasteiger partial charge in [-0.2, -0.15) is 0 Å². The molecule has 0 radical (unpaired) electrons. The lowest BCUT2D eigenvalue weighted by atomic mass is 10.1. The molecule has 0 spiro atoms. The highest BCUT2D eigenvalue weighted by Gasteiger charge is 2.28. The molecule has 1 aliphatic carbocycles. The van der Waals surface area contributed by atoms with Gasteiger partial charge in [-0.3, -0.25) is 9.89 Å². The number of carbonyl (C=O) groups excluding carboxylic acids is 1. The number of H-pyrrole nitrogens is 1. The van der Waals surface area contributed by atoms with Crippen LogP contribution in [0.25, 0.3) is 0 Å². The molecule has 1 aliphatic rings. The maximum atomic E-state index is 12.1. The van der Waals surface area contributed by atoms with Crippen LogP contribution in [-0.4, -0.2) is 21.1 Å². The van der Waals surface area contributed by atoms with Crippen molar-refractivity contribution < 1.29 is 4.79 Å². The van der Waals surface area contributed by atoms with E-state index >= 15 is 0 Å². The Kier molecular flexibility index (Phi) is 2.81. The fourth-order valence-electron chi connectivity index (χ4n) is 2.10. The fourth-order valence-corrected chi connectivity index (χ4v) is 2.10. The van der Waals surface area contributed by atoms with Crippen molar-refractivity contribution >= 4 is 11.6 Å². The van der Waals surface area contributed by atoms with Crippen molar-refractivity contribution in [2.75, 3.05) is 5.32 Å². The molecule has 0 atom stereocenters. The number of aromatic amines is 1. The lowest BCUT2D eigenvalue weighted by Crippen LogP contribution is -2.15. The maximum absolute atomic E-state index is 12.1. The average molecular weight is 256 g/mol. The van der Waals surface area contributed by atoms with Gasteiger partial charge in [0.15, 0.2) is 0 Å². The van der Waals surface area contributed by atoms with Crippen LogP contribution < -0.4 is 5.32 Å². The number of anilines is 1. The summed E-state index contributed by atoms with van der Waals surface area (Å²) in [5, 5.41) is 9.71. The summed E-state index contributed by atoms with van der Waals surface area (Å²) in [6, 6.07) is 5.91. The van der Waals surface area contributed by atoms with Gasteiger partial charge in [-0.25, -0.2) is 4.98 Å². The highest BCUT2D eigenvalue weighted by atomic mass is 16.2. The molecule has 1 amide bonds. The van der Waals surface area contributed by atoms with Crippen LogP contribution in [0.5, 0.6) is 0 Å². The molecule has 5 heteroatoms. The number of carbonyl (C=O) groups is 1. The van der Waals surface area contributed by atoms with Gasteiger partial charge in [0.1, 0.15) is 5.82 Å². The molecule has 0 aliphatic heterocycles. The molecule has 1 aromatic carbocycles. The zero-order valence-electron chi connectivity index (χ0n) is 11.0. The Labute approximate surface area is 111 Å². The third kappa shape index (κ3) is 2.36. The van der Waals surface area contributed by atoms with Crippen LogP contribution in [0.4, 0.5) is 5.69 Å². The average Bonchev–Trinajstić information content (AvgIpc) is 3.12. The number of para-hydroxylation sites is 1. The van der Waals surface area contributed by atoms with Crippen molar-refractivity contribution in [2.45, 2.75) is 32.6 Å². The number of amides is 1. The van der Waals surface area contributed by atoms with E-state index in [1.54, 1.807) is 0 Å². The second-order valence-corrected chi connectivity index (χ2v) is 5.04. The predicted octanol–water partition coefficient (Wildman–Crippen LogP) is 2.55. The normalized spacial score (nSPS) is 14.4. The van der Waals surface area contributed by atoms with Gasteiger partial charge < -0.3 is 5.32 Å². The number of hydrogen-bond acceptors (Lipinski definition) is 3. The summed E-state index contributed by atoms with van der Waals surface area (Å²) in [5.41, 5.74) is 2.91. The third-order valence-electron chi connectivity index (χ3n) is 3.39. The summed E-state index contributed by atoms with van der Waals surface area (Å²) in [7, 11) is 0. The van der Waals surface area contributed by atoms with Gasteiger partial charge in [0.05, 0.1) is 0 Å². The molecule has 3 rings (SSSR count). The molecular formula is C14H16N4O. The minimum absolute atomic E-state index is 0.213. The molecule has 1 saturated carbocycles. The zero-order chi connectivity index (χ0) is 13.4. The van der Waals surface area contributed by atoms with Gasteiger partial charge in [-0.1, -0.05) is 18.2 Å². The van der Waals surface area contributed by atoms with Crippen molar-refractivity contribution in [1.82, 2.24) is 15.2 Å². The summed E-state index contributed by atoms with van der Waals surface area (Å²) < 4.78 is 0. The van der Waals surface area contributed by atoms with Gasteiger partial charge in [-0.05, 0) is 37.8 Å². The van der Waals surface area contributed by atoms with Gasteiger partial charge >= 0.3 is 0 Å². The second kappa shape index (κ2) is 4.50. The Bertz CT molecular complexity index is 608. The SMILES string of the molecule is Cc1cccc(C)c1NC(=O)c1n[nH]c(C2CC2)n1. The molecule has 0 saturated heterocycles. The molecule has 5 nitrogen and oxygen atoms in total. The molecule has 19 heavy (non-hydrogen) atoms. The molecule has 0 bridgehead atoms. The minimum atomic E-state index is -0.263. The summed E-state index contributed by atoms with van der Waals surface area (Å²) in [5.74, 6) is 1.24. The van der Waals surface area contributed by atoms with Crippen molar-refractivity contribution in [3.63, 3.8) is 0 Å². The van der Waals surface area contributed by atoms with E-state index in [4.69, 9.17) is 0 Å². The highest BCUT2D eigenvalue weighted by molar-refractivity contribution is 6.02. The number of aromatic nitrogens is 3. The van der Waals surface area contributed by atoms with Gasteiger partial charge in [-0.15, -0.1) is 5.10 Å². The standard InChI is InChI=1S/C14H16N4O/c1-8-4-3-5-9(2)11(8)15-14(19)13-16-12(17-18-13)10-6-7-10/h3-5,10H,6-7H2,1-2H3,(H,15,19)(H,16,17,18). The van der Waals surface area contributed by atoms with E-state index < -0.39 is 0 Å². The topological polar surface area (TPSA) is 70.7 Å². The first-order valence-corrected chi connectivity index (χ1v) is 6.45. The molecule has 98 valence electrons. The van der Waals surface area contributed by atoms with Gasteiger partial charge in [0.25, 0.3) is 5.91 Å². The first-order chi connectivity index (χ1) is 9.15. The van der Waals surface area contributed by atoms with E-state index in [0.29, 0.717) is 5.92 Å². The van der Waals surface area contributed by atoms with E-state index in [1.807, 2.05) is 32.0 Å². The summed E-state index contributed by atoms with van der Waals surface area (Å²) in [6.07, 6.45) is 2.26. The first-order valence-electron chi connectivity index (χ1n) is 6.45. The molecule has 1 heterocycles. The minimum Gasteiger partial charge on any atom is -0.319 e. The fraction of sp³-hybridized carbons (Fsp3) is 0.357. The number of aryl methyl sites for hydroxylation is 2. The third-order valence-corrected chi connectivity index (χ3v) is 3.39. The van der Waals surface area contributed by atoms with E-state index in [1.165, 1.54) is 0 Å². The largest absolute Gasteiger partial charge is 0.319 e. The number of nitrogens with one attached hydrogen (secondary N) is 2. The molecule has 2 N–H and O–H groups in total. The summed E-state index contributed by atoms with van der Waals surface area (Å²) >= 11 is 0. The van der Waals surface area contributed by atoms with Crippen LogP contribution in [0.2, 0.25) is 0 Å². The molecule has 2 aromatic rings. The maximum Gasteiger partial charge on any atom is 0.295 e. The summed E-state index contributed by atoms with van der Waals surface area (Å²) in [4.78, 5) is 16.4. The number of hydrogen-bond donors (Lipinski definition) is 2. The Morgan fingerprint density at radius 2 is 2.00 bits per heavy atom. The van der Waals surface area contributed by atoms with Crippen LogP contribution >= 0.6 is 0 Å². The lowest BCUT2D eigenvalue weighted by Gasteiger charge is -2.09. The van der Waals surface area contributed by atoms with Crippen molar-refractivity contribution in [2.24, 2.45) is 0 Å². The van der Waals surface area contributed by atoms with Gasteiger partial charge in [0, 0.05) is 11.6 Å². The van der Waals surface area contributed by atoms with Crippen LogP contribution in [0.3, 0.4) is 0 Å². The number of nitrogens with zero attached hydrogens (tertiary/aromatic N) is 2. The Hall–Kier alpha value is -2.17. The van der Waals surface area contributed by atoms with E-state index in [9.17, 15) is 4.79 Å². The van der Waals surface area contributed by atoms with Crippen LogP contribution in [0.1, 0.15) is 46.3 Å². The van der Waals surface area contributed by atoms with Crippen molar-refractivity contribution in [3.8, 4) is 0 Å². The quantitative estimate of drug-likeness (QED) is 0.886. The Morgan fingerprint density at radius 1 is 1.32 bits per heavy atom. The number of rotatable bonds is 3. The first kappa shape index (κ1) is 11.9.